The van der Waals surface area contributed by atoms with Crippen LogP contribution in [-0.2, 0) is 19.7 Å². The second-order valence-electron chi connectivity index (χ2n) is 5.90. The Hall–Kier alpha value is -2.05. The van der Waals surface area contributed by atoms with Crippen molar-refractivity contribution in [2.75, 3.05) is 5.32 Å². The van der Waals surface area contributed by atoms with Crippen molar-refractivity contribution in [3.05, 3.63) is 35.1 Å². The van der Waals surface area contributed by atoms with Crippen LogP contribution in [0.25, 0.3) is 10.9 Å². The molecule has 1 aromatic carbocycles. The van der Waals surface area contributed by atoms with Crippen LogP contribution in [0.15, 0.2) is 24.4 Å². The molecule has 0 aliphatic carbocycles. The molecular formula is C15H18ClN5O. The van der Waals surface area contributed by atoms with E-state index in [0.717, 1.165) is 16.5 Å². The summed E-state index contributed by atoms with van der Waals surface area (Å²) in [6, 6.07) is 5.80. The summed E-state index contributed by atoms with van der Waals surface area (Å²) in [6.07, 6.45) is 1.79. The van der Waals surface area contributed by atoms with Crippen molar-refractivity contribution in [2.24, 2.45) is 14.1 Å². The van der Waals surface area contributed by atoms with Gasteiger partial charge in [0.25, 0.3) is 0 Å². The average Bonchev–Trinajstić information content (AvgIpc) is 2.90. The van der Waals surface area contributed by atoms with Gasteiger partial charge in [-0.15, -0.1) is 0 Å². The number of benzene rings is 1. The second kappa shape index (κ2) is 5.00. The molecule has 0 aliphatic heterocycles. The molecular weight excluding hydrogens is 302 g/mol. The number of aromatic nitrogens is 4. The highest BCUT2D eigenvalue weighted by molar-refractivity contribution is 6.32. The SMILES string of the molecule is Cn1cc(Nc2nn(C)c3ccc(C(C)(C)O)cc23)c(Cl)n1. The maximum Gasteiger partial charge on any atom is 0.174 e. The van der Waals surface area contributed by atoms with E-state index in [1.54, 1.807) is 36.5 Å². The minimum absolute atomic E-state index is 0.389. The second-order valence-corrected chi connectivity index (χ2v) is 6.25. The Labute approximate surface area is 133 Å². The first-order chi connectivity index (χ1) is 10.3. The lowest BCUT2D eigenvalue weighted by Crippen LogP contribution is -2.15. The zero-order valence-electron chi connectivity index (χ0n) is 12.9. The molecule has 0 fully saturated rings. The predicted molar refractivity (Wildman–Crippen MR) is 87.5 cm³/mol. The lowest BCUT2D eigenvalue weighted by Gasteiger charge is -2.17. The summed E-state index contributed by atoms with van der Waals surface area (Å²) in [5, 5.41) is 23.3. The monoisotopic (exact) mass is 319 g/mol. The molecule has 116 valence electrons. The van der Waals surface area contributed by atoms with Crippen molar-refractivity contribution in [3.8, 4) is 0 Å². The van der Waals surface area contributed by atoms with Crippen molar-refractivity contribution in [1.29, 1.82) is 0 Å². The number of hydrogen-bond donors (Lipinski definition) is 2. The van der Waals surface area contributed by atoms with Gasteiger partial charge in [0.05, 0.1) is 16.8 Å². The number of aliphatic hydroxyl groups is 1. The molecule has 3 rings (SSSR count). The molecule has 2 aromatic heterocycles. The van der Waals surface area contributed by atoms with Crippen molar-refractivity contribution >= 4 is 34.0 Å². The number of aryl methyl sites for hydroxylation is 2. The first kappa shape index (κ1) is 14.9. The van der Waals surface area contributed by atoms with Crippen molar-refractivity contribution in [2.45, 2.75) is 19.4 Å². The summed E-state index contributed by atoms with van der Waals surface area (Å²) >= 11 is 6.09. The first-order valence-corrected chi connectivity index (χ1v) is 7.29. The summed E-state index contributed by atoms with van der Waals surface area (Å²) in [5.41, 5.74) is 1.58. The minimum Gasteiger partial charge on any atom is -0.386 e. The summed E-state index contributed by atoms with van der Waals surface area (Å²) in [4.78, 5) is 0. The molecule has 2 N–H and O–H groups in total. The molecule has 0 bridgehead atoms. The number of rotatable bonds is 3. The van der Waals surface area contributed by atoms with Gasteiger partial charge in [-0.1, -0.05) is 17.7 Å². The topological polar surface area (TPSA) is 67.9 Å². The first-order valence-electron chi connectivity index (χ1n) is 6.91. The third kappa shape index (κ3) is 2.55. The standard InChI is InChI=1S/C15H18ClN5O/c1-15(2,22)9-5-6-12-10(7-9)14(19-21(12)4)17-11-8-20(3)18-13(11)16/h5-8,22H,1-4H3,(H,17,19). The summed E-state index contributed by atoms with van der Waals surface area (Å²) < 4.78 is 3.42. The smallest absolute Gasteiger partial charge is 0.174 e. The fourth-order valence-electron chi connectivity index (χ4n) is 2.41. The normalized spacial score (nSPS) is 12.1. The Morgan fingerprint density at radius 3 is 2.55 bits per heavy atom. The largest absolute Gasteiger partial charge is 0.386 e. The maximum absolute atomic E-state index is 10.2. The molecule has 3 aromatic rings. The van der Waals surface area contributed by atoms with Crippen LogP contribution in [0.1, 0.15) is 19.4 Å². The van der Waals surface area contributed by atoms with Gasteiger partial charge in [-0.05, 0) is 31.5 Å². The van der Waals surface area contributed by atoms with E-state index in [2.05, 4.69) is 15.5 Å². The minimum atomic E-state index is -0.909. The van der Waals surface area contributed by atoms with Gasteiger partial charge in [0.15, 0.2) is 11.0 Å². The highest BCUT2D eigenvalue weighted by atomic mass is 35.5. The maximum atomic E-state index is 10.2. The number of hydrogen-bond acceptors (Lipinski definition) is 4. The van der Waals surface area contributed by atoms with Crippen LogP contribution in [-0.4, -0.2) is 24.7 Å². The molecule has 0 spiro atoms. The Kier molecular flexibility index (Phi) is 3.38. The third-order valence-electron chi connectivity index (χ3n) is 3.59. The van der Waals surface area contributed by atoms with E-state index in [0.29, 0.717) is 16.7 Å². The molecule has 0 radical (unpaired) electrons. The summed E-state index contributed by atoms with van der Waals surface area (Å²) in [5.74, 6) is 0.679. The van der Waals surface area contributed by atoms with Crippen LogP contribution in [0.4, 0.5) is 11.5 Å². The molecule has 0 atom stereocenters. The van der Waals surface area contributed by atoms with Gasteiger partial charge in [0, 0.05) is 25.7 Å². The van der Waals surface area contributed by atoms with Gasteiger partial charge in [-0.25, -0.2) is 0 Å². The van der Waals surface area contributed by atoms with E-state index in [1.165, 1.54) is 0 Å². The van der Waals surface area contributed by atoms with Crippen molar-refractivity contribution in [1.82, 2.24) is 19.6 Å². The third-order valence-corrected chi connectivity index (χ3v) is 3.87. The fourth-order valence-corrected chi connectivity index (χ4v) is 2.63. The molecule has 2 heterocycles. The lowest BCUT2D eigenvalue weighted by atomic mass is 9.97. The predicted octanol–water partition coefficient (Wildman–Crippen LogP) is 2.93. The van der Waals surface area contributed by atoms with Crippen LogP contribution in [0, 0.1) is 0 Å². The van der Waals surface area contributed by atoms with Gasteiger partial charge in [-0.2, -0.15) is 10.2 Å². The average molecular weight is 320 g/mol. The summed E-state index contributed by atoms with van der Waals surface area (Å²) in [6.45, 7) is 3.52. The van der Waals surface area contributed by atoms with Crippen LogP contribution < -0.4 is 5.32 Å². The van der Waals surface area contributed by atoms with Crippen molar-refractivity contribution < 1.29 is 5.11 Å². The zero-order valence-corrected chi connectivity index (χ0v) is 13.7. The van der Waals surface area contributed by atoms with Crippen molar-refractivity contribution in [3.63, 3.8) is 0 Å². The van der Waals surface area contributed by atoms with Gasteiger partial charge in [0.1, 0.15) is 0 Å². The summed E-state index contributed by atoms with van der Waals surface area (Å²) in [7, 11) is 3.68. The van der Waals surface area contributed by atoms with E-state index < -0.39 is 5.60 Å². The lowest BCUT2D eigenvalue weighted by molar-refractivity contribution is 0.0787. The molecule has 0 saturated carbocycles. The zero-order chi connectivity index (χ0) is 16.1. The van der Waals surface area contributed by atoms with Crippen LogP contribution in [0.2, 0.25) is 5.15 Å². The van der Waals surface area contributed by atoms with Crippen LogP contribution in [0.5, 0.6) is 0 Å². The van der Waals surface area contributed by atoms with E-state index in [1.807, 2.05) is 25.2 Å². The Balaban J connectivity index is 2.11. The van der Waals surface area contributed by atoms with Crippen LogP contribution in [0.3, 0.4) is 0 Å². The number of halogens is 1. The van der Waals surface area contributed by atoms with Gasteiger partial charge >= 0.3 is 0 Å². The molecule has 0 amide bonds. The number of fused-ring (bicyclic) bond motifs is 1. The number of nitrogens with one attached hydrogen (secondary N) is 1. The Morgan fingerprint density at radius 2 is 1.95 bits per heavy atom. The van der Waals surface area contributed by atoms with Gasteiger partial charge < -0.3 is 10.4 Å². The van der Waals surface area contributed by atoms with E-state index in [9.17, 15) is 5.11 Å². The molecule has 0 aliphatic rings. The number of anilines is 2. The molecule has 7 heteroatoms. The molecule has 22 heavy (non-hydrogen) atoms. The van der Waals surface area contributed by atoms with E-state index in [-0.39, 0.29) is 0 Å². The van der Waals surface area contributed by atoms with Crippen LogP contribution >= 0.6 is 11.6 Å². The number of nitrogens with zero attached hydrogens (tertiary/aromatic N) is 4. The van der Waals surface area contributed by atoms with E-state index in [4.69, 9.17) is 11.6 Å². The highest BCUT2D eigenvalue weighted by Crippen LogP contribution is 2.31. The van der Waals surface area contributed by atoms with E-state index >= 15 is 0 Å². The molecule has 6 nitrogen and oxygen atoms in total. The van der Waals surface area contributed by atoms with Gasteiger partial charge in [0.2, 0.25) is 0 Å². The molecule has 0 unspecified atom stereocenters. The molecule has 0 saturated heterocycles. The highest BCUT2D eigenvalue weighted by Gasteiger charge is 2.19. The Bertz CT molecular complexity index is 844. The Morgan fingerprint density at radius 1 is 1.23 bits per heavy atom. The fraction of sp³-hybridized carbons (Fsp3) is 0.333. The van der Waals surface area contributed by atoms with Gasteiger partial charge in [-0.3, -0.25) is 9.36 Å². The quantitative estimate of drug-likeness (QED) is 0.779.